The first-order valence-electron chi connectivity index (χ1n) is 3.71. The Hall–Kier alpha value is -0.200. The zero-order chi connectivity index (χ0) is 8.69. The molecule has 0 bridgehead atoms. The van der Waals surface area contributed by atoms with E-state index in [0.29, 0.717) is 0 Å². The molecule has 13 heavy (non-hydrogen) atoms. The smallest absolute Gasteiger partial charge is 0.168 e. The number of aromatic nitrogens is 1. The van der Waals surface area contributed by atoms with Gasteiger partial charge in [0.2, 0.25) is 0 Å². The van der Waals surface area contributed by atoms with Gasteiger partial charge in [-0.1, -0.05) is 6.07 Å². The Kier molecular flexibility index (Phi) is 16.8. The molecule has 0 atom stereocenters. The molecule has 0 spiro atoms. The molecule has 0 aromatic carbocycles. The maximum atomic E-state index is 8.06. The number of rotatable bonds is 0. The van der Waals surface area contributed by atoms with Gasteiger partial charge < -0.3 is 11.3 Å². The molecule has 1 heterocycles. The van der Waals surface area contributed by atoms with Gasteiger partial charge in [-0.15, -0.1) is 24.0 Å². The Balaban J connectivity index is -0.000000150. The molecule has 0 saturated carbocycles. The third kappa shape index (κ3) is 18.6. The summed E-state index contributed by atoms with van der Waals surface area (Å²) in [7, 11) is 2.00. The van der Waals surface area contributed by atoms with Gasteiger partial charge in [-0.3, -0.25) is 0 Å². The maximum Gasteiger partial charge on any atom is 0.168 e. The normalized spacial score (nSPS) is 7.46. The number of pyridine rings is 1. The van der Waals surface area contributed by atoms with Gasteiger partial charge in [0, 0.05) is 18.2 Å². The van der Waals surface area contributed by atoms with Crippen LogP contribution in [0.4, 0.5) is 0 Å². The minimum absolute atomic E-state index is 0. The van der Waals surface area contributed by atoms with Crippen molar-refractivity contribution < 1.29 is 9.67 Å². The lowest BCUT2D eigenvalue weighted by molar-refractivity contribution is -0.671. The van der Waals surface area contributed by atoms with E-state index in [0.717, 1.165) is 0 Å². The molecule has 78 valence electrons. The molecule has 0 aliphatic rings. The maximum absolute atomic E-state index is 8.06. The lowest BCUT2D eigenvalue weighted by Gasteiger charge is -1.80. The van der Waals surface area contributed by atoms with E-state index in [9.17, 15) is 0 Å². The summed E-state index contributed by atoms with van der Waals surface area (Å²) in [5, 5.41) is 8.06. The zero-order valence-corrected chi connectivity index (χ0v) is 10.8. The fourth-order valence-corrected chi connectivity index (χ4v) is 0.485. The van der Waals surface area contributed by atoms with E-state index in [-0.39, 0.29) is 36.2 Å². The lowest BCUT2D eigenvalue weighted by Crippen LogP contribution is -2.25. The first kappa shape index (κ1) is 18.6. The van der Waals surface area contributed by atoms with Crippen molar-refractivity contribution in [3.05, 3.63) is 30.6 Å². The van der Waals surface area contributed by atoms with E-state index >= 15 is 0 Å². The summed E-state index contributed by atoms with van der Waals surface area (Å²) >= 11 is 0. The first-order valence-corrected chi connectivity index (χ1v) is 3.71. The van der Waals surface area contributed by atoms with Crippen LogP contribution in [0.3, 0.4) is 0 Å². The number of halogens is 1. The SMILES string of the molecule is CC(C)O.C[n+]1ccccc1.I.N. The van der Waals surface area contributed by atoms with Crippen LogP contribution in [0, 0.1) is 0 Å². The third-order valence-electron chi connectivity index (χ3n) is 0.865. The second-order valence-corrected chi connectivity index (χ2v) is 2.63. The Morgan fingerprint density at radius 3 is 1.54 bits per heavy atom. The van der Waals surface area contributed by atoms with Crippen molar-refractivity contribution in [2.75, 3.05) is 0 Å². The molecule has 0 amide bonds. The molecule has 0 radical (unpaired) electrons. The number of hydrogen-bond donors (Lipinski definition) is 2. The van der Waals surface area contributed by atoms with E-state index in [1.165, 1.54) is 0 Å². The fraction of sp³-hybridized carbons (Fsp3) is 0.444. The highest BCUT2D eigenvalue weighted by Gasteiger charge is 1.78. The fourth-order valence-electron chi connectivity index (χ4n) is 0.485. The Morgan fingerprint density at radius 1 is 1.08 bits per heavy atom. The van der Waals surface area contributed by atoms with E-state index in [4.69, 9.17) is 5.11 Å². The topological polar surface area (TPSA) is 59.1 Å². The van der Waals surface area contributed by atoms with Crippen LogP contribution in [-0.2, 0) is 7.05 Å². The van der Waals surface area contributed by atoms with Gasteiger partial charge in [0.25, 0.3) is 0 Å². The molecule has 4 heteroatoms. The summed E-state index contributed by atoms with van der Waals surface area (Å²) in [4.78, 5) is 0. The summed E-state index contributed by atoms with van der Waals surface area (Å²) in [5.41, 5.74) is 0. The molecular weight excluding hydrogens is 279 g/mol. The Morgan fingerprint density at radius 2 is 1.38 bits per heavy atom. The van der Waals surface area contributed by atoms with E-state index in [1.54, 1.807) is 13.8 Å². The summed E-state index contributed by atoms with van der Waals surface area (Å²) in [6, 6.07) is 6.00. The predicted octanol–water partition coefficient (Wildman–Crippen LogP) is 1.68. The van der Waals surface area contributed by atoms with Gasteiger partial charge in [0.1, 0.15) is 7.05 Å². The summed E-state index contributed by atoms with van der Waals surface area (Å²) in [6.07, 6.45) is 3.83. The number of hydrogen-bond acceptors (Lipinski definition) is 2. The number of aryl methyl sites for hydroxylation is 1. The minimum Gasteiger partial charge on any atom is -0.394 e. The number of aliphatic hydroxyl groups is 1. The third-order valence-corrected chi connectivity index (χ3v) is 0.865. The van der Waals surface area contributed by atoms with Crippen LogP contribution < -0.4 is 10.7 Å². The molecule has 0 saturated heterocycles. The molecule has 0 unspecified atom stereocenters. The van der Waals surface area contributed by atoms with Crippen molar-refractivity contribution >= 4 is 24.0 Å². The van der Waals surface area contributed by atoms with Gasteiger partial charge in [-0.05, 0) is 13.8 Å². The van der Waals surface area contributed by atoms with Crippen molar-refractivity contribution in [2.24, 2.45) is 7.05 Å². The number of nitrogens with zero attached hydrogens (tertiary/aromatic N) is 1. The van der Waals surface area contributed by atoms with Crippen LogP contribution in [-0.4, -0.2) is 11.2 Å². The van der Waals surface area contributed by atoms with Crippen molar-refractivity contribution in [1.29, 1.82) is 0 Å². The van der Waals surface area contributed by atoms with Crippen molar-refractivity contribution in [2.45, 2.75) is 20.0 Å². The molecule has 1 rings (SSSR count). The van der Waals surface area contributed by atoms with Crippen molar-refractivity contribution in [1.82, 2.24) is 6.15 Å². The summed E-state index contributed by atoms with van der Waals surface area (Å²) < 4.78 is 2.00. The average Bonchev–Trinajstić information content (AvgIpc) is 1.87. The first-order chi connectivity index (χ1) is 5.13. The van der Waals surface area contributed by atoms with Crippen LogP contribution >= 0.6 is 24.0 Å². The largest absolute Gasteiger partial charge is 0.394 e. The van der Waals surface area contributed by atoms with Gasteiger partial charge >= 0.3 is 0 Å². The predicted molar refractivity (Wildman–Crippen MR) is 65.4 cm³/mol. The average molecular weight is 299 g/mol. The second kappa shape index (κ2) is 11.8. The van der Waals surface area contributed by atoms with Crippen LogP contribution in [0.25, 0.3) is 0 Å². The number of aliphatic hydroxyl groups excluding tert-OH is 1. The van der Waals surface area contributed by atoms with Gasteiger partial charge in [0.05, 0.1) is 0 Å². The van der Waals surface area contributed by atoms with Gasteiger partial charge in [0.15, 0.2) is 12.4 Å². The van der Waals surface area contributed by atoms with Crippen molar-refractivity contribution in [3.63, 3.8) is 0 Å². The van der Waals surface area contributed by atoms with Gasteiger partial charge in [-0.25, -0.2) is 4.57 Å². The van der Waals surface area contributed by atoms with Crippen molar-refractivity contribution in [3.8, 4) is 0 Å². The summed E-state index contributed by atoms with van der Waals surface area (Å²) in [6.45, 7) is 3.44. The molecule has 3 nitrogen and oxygen atoms in total. The highest BCUT2D eigenvalue weighted by Crippen LogP contribution is 1.71. The molecular formula is C9H20IN2O+. The van der Waals surface area contributed by atoms with Gasteiger partial charge in [-0.2, -0.15) is 0 Å². The molecule has 0 fully saturated rings. The van der Waals surface area contributed by atoms with E-state index in [1.807, 2.05) is 42.2 Å². The highest BCUT2D eigenvalue weighted by atomic mass is 127. The standard InChI is InChI=1S/C6H8N.C3H8O.HI.H3N/c1-7-5-3-2-4-6-7;1-3(2)4;;/h2-6H,1H3;3-4H,1-2H3;1H;1H3/q+1;;;. The Labute approximate surface area is 97.4 Å². The monoisotopic (exact) mass is 299 g/mol. The zero-order valence-electron chi connectivity index (χ0n) is 8.47. The van der Waals surface area contributed by atoms with Crippen LogP contribution in [0.2, 0.25) is 0 Å². The molecule has 1 aromatic rings. The van der Waals surface area contributed by atoms with Crippen LogP contribution in [0.15, 0.2) is 30.6 Å². The minimum atomic E-state index is -0.167. The quantitative estimate of drug-likeness (QED) is 0.565. The second-order valence-electron chi connectivity index (χ2n) is 2.63. The van der Waals surface area contributed by atoms with Crippen LogP contribution in [0.5, 0.6) is 0 Å². The Bertz CT molecular complexity index is 177. The van der Waals surface area contributed by atoms with Crippen LogP contribution in [0.1, 0.15) is 13.8 Å². The lowest BCUT2D eigenvalue weighted by atomic mass is 10.5. The summed E-state index contributed by atoms with van der Waals surface area (Å²) in [5.74, 6) is 0. The molecule has 0 aliphatic heterocycles. The van der Waals surface area contributed by atoms with E-state index in [2.05, 4.69) is 0 Å². The van der Waals surface area contributed by atoms with E-state index < -0.39 is 0 Å². The molecule has 1 aromatic heterocycles. The molecule has 0 aliphatic carbocycles. The highest BCUT2D eigenvalue weighted by molar-refractivity contribution is 14.0. The molecule has 4 N–H and O–H groups in total.